The van der Waals surface area contributed by atoms with Crippen LogP contribution in [0.5, 0.6) is 5.75 Å². The number of rotatable bonds is 4. The van der Waals surface area contributed by atoms with E-state index >= 15 is 0 Å². The summed E-state index contributed by atoms with van der Waals surface area (Å²) >= 11 is 0. The molecule has 3 atom stereocenters. The van der Waals surface area contributed by atoms with Gasteiger partial charge in [-0.15, -0.1) is 0 Å². The molecule has 1 aliphatic rings. The van der Waals surface area contributed by atoms with E-state index in [0.717, 1.165) is 5.56 Å². The quantitative estimate of drug-likeness (QED) is 0.864. The van der Waals surface area contributed by atoms with E-state index in [2.05, 4.69) is 0 Å². The van der Waals surface area contributed by atoms with Crippen molar-refractivity contribution in [3.05, 3.63) is 29.3 Å². The van der Waals surface area contributed by atoms with Gasteiger partial charge in [0.25, 0.3) is 0 Å². The number of hydrogen-bond acceptors (Lipinski definition) is 3. The minimum atomic E-state index is -0.816. The Morgan fingerprint density at radius 2 is 1.95 bits per heavy atom. The smallest absolute Gasteiger partial charge is 0.307 e. The molecule has 22 heavy (non-hydrogen) atoms. The standard InChI is InChI=1S/C18H24O4/c1-10-6-7-15(22-5)13(8-10)16(19)12-9-14(17(20)21)18(3,4)11(12)2/h6-8,11-12,14H,9H2,1-5H3,(H,20,21)/t11-,12+,14-/m0/s1. The van der Waals surface area contributed by atoms with Crippen molar-refractivity contribution in [2.45, 2.75) is 34.1 Å². The van der Waals surface area contributed by atoms with Gasteiger partial charge in [0.05, 0.1) is 18.6 Å². The van der Waals surface area contributed by atoms with Crippen LogP contribution >= 0.6 is 0 Å². The van der Waals surface area contributed by atoms with Crippen molar-refractivity contribution in [2.75, 3.05) is 7.11 Å². The molecule has 2 rings (SSSR count). The maximum Gasteiger partial charge on any atom is 0.307 e. The Balaban J connectivity index is 2.39. The van der Waals surface area contributed by atoms with Gasteiger partial charge in [-0.1, -0.05) is 32.4 Å². The van der Waals surface area contributed by atoms with Crippen molar-refractivity contribution in [3.63, 3.8) is 0 Å². The zero-order valence-electron chi connectivity index (χ0n) is 13.8. The Morgan fingerprint density at radius 1 is 1.32 bits per heavy atom. The molecule has 0 unspecified atom stereocenters. The Hall–Kier alpha value is -1.84. The number of ether oxygens (including phenoxy) is 1. The summed E-state index contributed by atoms with van der Waals surface area (Å²) < 4.78 is 5.31. The van der Waals surface area contributed by atoms with Gasteiger partial charge in [0.1, 0.15) is 5.75 Å². The highest BCUT2D eigenvalue weighted by molar-refractivity contribution is 6.01. The van der Waals surface area contributed by atoms with Crippen molar-refractivity contribution < 1.29 is 19.4 Å². The second-order valence-corrected chi connectivity index (χ2v) is 6.91. The maximum absolute atomic E-state index is 13.0. The van der Waals surface area contributed by atoms with Crippen molar-refractivity contribution in [3.8, 4) is 5.75 Å². The number of ketones is 1. The summed E-state index contributed by atoms with van der Waals surface area (Å²) in [7, 11) is 1.55. The minimum absolute atomic E-state index is 0.00585. The van der Waals surface area contributed by atoms with Gasteiger partial charge in [-0.3, -0.25) is 9.59 Å². The number of aliphatic carboxylic acids is 1. The number of carboxylic acid groups (broad SMARTS) is 1. The fraction of sp³-hybridized carbons (Fsp3) is 0.556. The number of methoxy groups -OCH3 is 1. The van der Waals surface area contributed by atoms with Gasteiger partial charge in [0, 0.05) is 5.92 Å². The van der Waals surface area contributed by atoms with Gasteiger partial charge in [-0.05, 0) is 36.8 Å². The van der Waals surface area contributed by atoms with E-state index < -0.39 is 17.3 Å². The average Bonchev–Trinajstić information content (AvgIpc) is 2.69. The van der Waals surface area contributed by atoms with Crippen molar-refractivity contribution in [2.24, 2.45) is 23.2 Å². The normalized spacial score (nSPS) is 26.7. The first-order valence-corrected chi connectivity index (χ1v) is 7.61. The zero-order chi connectivity index (χ0) is 16.7. The molecule has 1 aliphatic carbocycles. The number of Topliss-reactive ketones (excluding diaryl/α,β-unsaturated/α-hetero) is 1. The lowest BCUT2D eigenvalue weighted by Crippen LogP contribution is -2.30. The number of carbonyl (C=O) groups is 2. The second kappa shape index (κ2) is 5.75. The lowest BCUT2D eigenvalue weighted by atomic mass is 9.74. The number of carbonyl (C=O) groups excluding carboxylic acids is 1. The Labute approximate surface area is 131 Å². The lowest BCUT2D eigenvalue weighted by Gasteiger charge is -2.29. The van der Waals surface area contributed by atoms with Crippen LogP contribution in [0.3, 0.4) is 0 Å². The van der Waals surface area contributed by atoms with Gasteiger partial charge in [-0.2, -0.15) is 0 Å². The molecular weight excluding hydrogens is 280 g/mol. The summed E-state index contributed by atoms with van der Waals surface area (Å²) in [5.41, 5.74) is 1.15. The van der Waals surface area contributed by atoms with Crippen LogP contribution in [0.25, 0.3) is 0 Å². The van der Waals surface area contributed by atoms with Crippen molar-refractivity contribution in [1.82, 2.24) is 0 Å². The molecule has 4 nitrogen and oxygen atoms in total. The monoisotopic (exact) mass is 304 g/mol. The topological polar surface area (TPSA) is 63.6 Å². The number of hydrogen-bond donors (Lipinski definition) is 1. The molecule has 0 amide bonds. The van der Waals surface area contributed by atoms with Crippen LogP contribution < -0.4 is 4.74 Å². The highest BCUT2D eigenvalue weighted by Gasteiger charge is 2.52. The first kappa shape index (κ1) is 16.5. The molecule has 0 spiro atoms. The van der Waals surface area contributed by atoms with E-state index in [4.69, 9.17) is 4.74 Å². The van der Waals surface area contributed by atoms with Crippen LogP contribution in [0.4, 0.5) is 0 Å². The summed E-state index contributed by atoms with van der Waals surface area (Å²) in [6, 6.07) is 5.52. The summed E-state index contributed by atoms with van der Waals surface area (Å²) in [6.07, 6.45) is 0.388. The van der Waals surface area contributed by atoms with E-state index in [0.29, 0.717) is 17.7 Å². The highest BCUT2D eigenvalue weighted by Crippen LogP contribution is 2.51. The molecule has 120 valence electrons. The number of carboxylic acids is 1. The van der Waals surface area contributed by atoms with Gasteiger partial charge >= 0.3 is 5.97 Å². The third kappa shape index (κ3) is 2.62. The van der Waals surface area contributed by atoms with Gasteiger partial charge < -0.3 is 9.84 Å². The summed E-state index contributed by atoms with van der Waals surface area (Å²) in [5.74, 6) is -1.04. The summed E-state index contributed by atoms with van der Waals surface area (Å²) in [6.45, 7) is 7.79. The minimum Gasteiger partial charge on any atom is -0.496 e. The molecule has 1 saturated carbocycles. The van der Waals surface area contributed by atoms with Crippen LogP contribution in [0.15, 0.2) is 18.2 Å². The van der Waals surface area contributed by atoms with Crippen LogP contribution in [-0.4, -0.2) is 24.0 Å². The van der Waals surface area contributed by atoms with E-state index in [1.165, 1.54) is 0 Å². The molecule has 0 radical (unpaired) electrons. The number of aryl methyl sites for hydroxylation is 1. The van der Waals surface area contributed by atoms with Gasteiger partial charge in [0.15, 0.2) is 5.78 Å². The van der Waals surface area contributed by atoms with Crippen molar-refractivity contribution in [1.29, 1.82) is 0 Å². The van der Waals surface area contributed by atoms with E-state index in [9.17, 15) is 14.7 Å². The molecule has 0 saturated heterocycles. The highest BCUT2D eigenvalue weighted by atomic mass is 16.5. The Kier molecular flexibility index (Phi) is 4.32. The van der Waals surface area contributed by atoms with E-state index in [1.54, 1.807) is 13.2 Å². The average molecular weight is 304 g/mol. The predicted octanol–water partition coefficient (Wildman–Crippen LogP) is 3.57. The fourth-order valence-corrected chi connectivity index (χ4v) is 3.56. The van der Waals surface area contributed by atoms with E-state index in [-0.39, 0.29) is 17.6 Å². The summed E-state index contributed by atoms with van der Waals surface area (Å²) in [5, 5.41) is 9.45. The molecule has 0 aromatic heterocycles. The third-order valence-corrected chi connectivity index (χ3v) is 5.42. The van der Waals surface area contributed by atoms with Crippen LogP contribution in [0, 0.1) is 30.1 Å². The fourth-order valence-electron chi connectivity index (χ4n) is 3.56. The lowest BCUT2D eigenvalue weighted by molar-refractivity contribution is -0.145. The molecule has 4 heteroatoms. The third-order valence-electron chi connectivity index (χ3n) is 5.42. The first-order valence-electron chi connectivity index (χ1n) is 7.61. The Morgan fingerprint density at radius 3 is 2.45 bits per heavy atom. The molecule has 0 bridgehead atoms. The SMILES string of the molecule is COc1ccc(C)cc1C(=O)[C@@H]1C[C@@H](C(=O)O)C(C)(C)[C@H]1C. The van der Waals surface area contributed by atoms with Crippen LogP contribution in [0.1, 0.15) is 43.1 Å². The van der Waals surface area contributed by atoms with Gasteiger partial charge in [0.2, 0.25) is 0 Å². The largest absolute Gasteiger partial charge is 0.496 e. The summed E-state index contributed by atoms with van der Waals surface area (Å²) in [4.78, 5) is 24.5. The molecule has 1 fully saturated rings. The predicted molar refractivity (Wildman–Crippen MR) is 84.2 cm³/mol. The first-order chi connectivity index (χ1) is 10.2. The van der Waals surface area contributed by atoms with E-state index in [1.807, 2.05) is 39.8 Å². The Bertz CT molecular complexity index is 603. The van der Waals surface area contributed by atoms with Gasteiger partial charge in [-0.25, -0.2) is 0 Å². The molecular formula is C18H24O4. The molecule has 1 N–H and O–H groups in total. The molecule has 0 aliphatic heterocycles. The van der Waals surface area contributed by atoms with Crippen LogP contribution in [0.2, 0.25) is 0 Å². The molecule has 1 aromatic carbocycles. The maximum atomic E-state index is 13.0. The number of benzene rings is 1. The molecule has 1 aromatic rings. The zero-order valence-corrected chi connectivity index (χ0v) is 13.8. The second-order valence-electron chi connectivity index (χ2n) is 6.91. The van der Waals surface area contributed by atoms with Crippen LogP contribution in [-0.2, 0) is 4.79 Å². The van der Waals surface area contributed by atoms with Crippen molar-refractivity contribution >= 4 is 11.8 Å². The molecule has 0 heterocycles.